The van der Waals surface area contributed by atoms with Crippen molar-refractivity contribution in [2.75, 3.05) is 6.54 Å². The van der Waals surface area contributed by atoms with E-state index in [1.807, 2.05) is 13.8 Å². The van der Waals surface area contributed by atoms with E-state index < -0.39 is 11.6 Å². The van der Waals surface area contributed by atoms with Crippen LogP contribution in [0.5, 0.6) is 0 Å². The van der Waals surface area contributed by atoms with Crippen molar-refractivity contribution in [1.29, 1.82) is 0 Å². The van der Waals surface area contributed by atoms with Crippen molar-refractivity contribution in [2.24, 2.45) is 5.92 Å². The maximum Gasteiger partial charge on any atom is 0.242 e. The molecule has 0 aromatic carbocycles. The Morgan fingerprint density at radius 3 is 2.28 bits per heavy atom. The Balaban J connectivity index is 2.48. The first-order chi connectivity index (χ1) is 8.34. The van der Waals surface area contributed by atoms with E-state index in [0.717, 1.165) is 25.7 Å². The SMILES string of the molecule is CC(=O)NC(C(=O)NCC1(O)CCCC1)C(C)C. The Morgan fingerprint density at radius 1 is 1.28 bits per heavy atom. The molecule has 1 fully saturated rings. The normalized spacial score (nSPS) is 19.6. The average molecular weight is 256 g/mol. The summed E-state index contributed by atoms with van der Waals surface area (Å²) >= 11 is 0. The van der Waals surface area contributed by atoms with Crippen LogP contribution in [0.4, 0.5) is 0 Å². The molecule has 1 atom stereocenters. The molecule has 0 aromatic rings. The number of nitrogens with one attached hydrogen (secondary N) is 2. The van der Waals surface area contributed by atoms with E-state index in [1.54, 1.807) is 0 Å². The largest absolute Gasteiger partial charge is 0.388 e. The molecular formula is C13H24N2O3. The molecule has 2 amide bonds. The Kier molecular flexibility index (Phi) is 5.14. The zero-order chi connectivity index (χ0) is 13.8. The maximum atomic E-state index is 12.0. The van der Waals surface area contributed by atoms with Crippen LogP contribution in [0.1, 0.15) is 46.5 Å². The predicted molar refractivity (Wildman–Crippen MR) is 68.9 cm³/mol. The average Bonchev–Trinajstić information content (AvgIpc) is 2.70. The van der Waals surface area contributed by atoms with Crippen LogP contribution in [0.3, 0.4) is 0 Å². The molecule has 18 heavy (non-hydrogen) atoms. The number of carbonyl (C=O) groups excluding carboxylic acids is 2. The van der Waals surface area contributed by atoms with Crippen LogP contribution in [0, 0.1) is 5.92 Å². The van der Waals surface area contributed by atoms with E-state index in [1.165, 1.54) is 6.92 Å². The van der Waals surface area contributed by atoms with Gasteiger partial charge in [0.2, 0.25) is 11.8 Å². The highest BCUT2D eigenvalue weighted by Crippen LogP contribution is 2.28. The summed E-state index contributed by atoms with van der Waals surface area (Å²) in [5.74, 6) is -0.420. The van der Waals surface area contributed by atoms with Gasteiger partial charge in [-0.2, -0.15) is 0 Å². The molecule has 0 heterocycles. The molecule has 3 N–H and O–H groups in total. The van der Waals surface area contributed by atoms with Crippen LogP contribution in [-0.4, -0.2) is 35.1 Å². The molecule has 104 valence electrons. The van der Waals surface area contributed by atoms with Crippen molar-refractivity contribution in [3.8, 4) is 0 Å². The molecule has 0 radical (unpaired) electrons. The van der Waals surface area contributed by atoms with Crippen molar-refractivity contribution in [2.45, 2.75) is 58.1 Å². The monoisotopic (exact) mass is 256 g/mol. The third-order valence-corrected chi connectivity index (χ3v) is 3.43. The first-order valence-corrected chi connectivity index (χ1v) is 6.61. The van der Waals surface area contributed by atoms with Gasteiger partial charge in [-0.15, -0.1) is 0 Å². The lowest BCUT2D eigenvalue weighted by Crippen LogP contribution is -2.52. The van der Waals surface area contributed by atoms with Crippen LogP contribution in [0.25, 0.3) is 0 Å². The number of amides is 2. The molecule has 1 saturated carbocycles. The van der Waals surface area contributed by atoms with Gasteiger partial charge in [0.25, 0.3) is 0 Å². The molecule has 5 nitrogen and oxygen atoms in total. The van der Waals surface area contributed by atoms with Crippen LogP contribution >= 0.6 is 0 Å². The first-order valence-electron chi connectivity index (χ1n) is 6.61. The van der Waals surface area contributed by atoms with Crippen molar-refractivity contribution >= 4 is 11.8 Å². The topological polar surface area (TPSA) is 78.4 Å². The minimum Gasteiger partial charge on any atom is -0.388 e. The fraction of sp³-hybridized carbons (Fsp3) is 0.846. The summed E-state index contributed by atoms with van der Waals surface area (Å²) in [6.07, 6.45) is 3.48. The number of aliphatic hydroxyl groups is 1. The Labute approximate surface area is 108 Å². The van der Waals surface area contributed by atoms with E-state index in [0.29, 0.717) is 0 Å². The Hall–Kier alpha value is -1.10. The van der Waals surface area contributed by atoms with E-state index in [-0.39, 0.29) is 24.3 Å². The quantitative estimate of drug-likeness (QED) is 0.673. The lowest BCUT2D eigenvalue weighted by Gasteiger charge is -2.26. The van der Waals surface area contributed by atoms with E-state index >= 15 is 0 Å². The third kappa shape index (κ3) is 4.29. The number of rotatable bonds is 5. The Morgan fingerprint density at radius 2 is 1.83 bits per heavy atom. The zero-order valence-corrected chi connectivity index (χ0v) is 11.5. The van der Waals surface area contributed by atoms with Gasteiger partial charge in [-0.05, 0) is 18.8 Å². The van der Waals surface area contributed by atoms with Gasteiger partial charge < -0.3 is 15.7 Å². The second-order valence-corrected chi connectivity index (χ2v) is 5.57. The highest BCUT2D eigenvalue weighted by Gasteiger charge is 2.32. The lowest BCUT2D eigenvalue weighted by molar-refractivity contribution is -0.129. The standard InChI is InChI=1S/C13H24N2O3/c1-9(2)11(15-10(3)16)12(17)14-8-13(18)6-4-5-7-13/h9,11,18H,4-8H2,1-3H3,(H,14,17)(H,15,16). The summed E-state index contributed by atoms with van der Waals surface area (Å²) in [5, 5.41) is 15.5. The summed E-state index contributed by atoms with van der Waals surface area (Å²) in [6, 6.07) is -0.535. The maximum absolute atomic E-state index is 12.0. The molecular weight excluding hydrogens is 232 g/mol. The summed E-state index contributed by atoms with van der Waals surface area (Å²) in [6.45, 7) is 5.43. The molecule has 0 bridgehead atoms. The zero-order valence-electron chi connectivity index (χ0n) is 11.5. The summed E-state index contributed by atoms with van der Waals surface area (Å²) in [4.78, 5) is 23.0. The van der Waals surface area contributed by atoms with Crippen molar-refractivity contribution in [3.63, 3.8) is 0 Å². The summed E-state index contributed by atoms with van der Waals surface area (Å²) in [5.41, 5.74) is -0.757. The molecule has 1 aliphatic carbocycles. The fourth-order valence-electron chi connectivity index (χ4n) is 2.33. The molecule has 0 aromatic heterocycles. The Bertz CT molecular complexity index is 309. The second kappa shape index (κ2) is 6.18. The number of carbonyl (C=O) groups is 2. The van der Waals surface area contributed by atoms with Gasteiger partial charge in [0, 0.05) is 13.5 Å². The highest BCUT2D eigenvalue weighted by atomic mass is 16.3. The molecule has 0 saturated heterocycles. The van der Waals surface area contributed by atoms with Gasteiger partial charge >= 0.3 is 0 Å². The van der Waals surface area contributed by atoms with Gasteiger partial charge in [0.05, 0.1) is 5.60 Å². The molecule has 1 aliphatic rings. The van der Waals surface area contributed by atoms with E-state index in [2.05, 4.69) is 10.6 Å². The third-order valence-electron chi connectivity index (χ3n) is 3.43. The predicted octanol–water partition coefficient (Wildman–Crippen LogP) is 0.568. The van der Waals surface area contributed by atoms with Gasteiger partial charge in [-0.1, -0.05) is 26.7 Å². The smallest absolute Gasteiger partial charge is 0.242 e. The van der Waals surface area contributed by atoms with E-state index in [9.17, 15) is 14.7 Å². The molecule has 1 rings (SSSR count). The van der Waals surface area contributed by atoms with Gasteiger partial charge in [-0.3, -0.25) is 9.59 Å². The highest BCUT2D eigenvalue weighted by molar-refractivity contribution is 5.87. The van der Waals surface area contributed by atoms with Crippen LogP contribution < -0.4 is 10.6 Å². The molecule has 1 unspecified atom stereocenters. The summed E-state index contributed by atoms with van der Waals surface area (Å²) in [7, 11) is 0. The van der Waals surface area contributed by atoms with Crippen LogP contribution in [-0.2, 0) is 9.59 Å². The first kappa shape index (κ1) is 15.0. The van der Waals surface area contributed by atoms with Crippen molar-refractivity contribution < 1.29 is 14.7 Å². The lowest BCUT2D eigenvalue weighted by atomic mass is 10.0. The van der Waals surface area contributed by atoms with E-state index in [4.69, 9.17) is 0 Å². The van der Waals surface area contributed by atoms with Crippen molar-refractivity contribution in [3.05, 3.63) is 0 Å². The summed E-state index contributed by atoms with van der Waals surface area (Å²) < 4.78 is 0. The van der Waals surface area contributed by atoms with Gasteiger partial charge in [-0.25, -0.2) is 0 Å². The van der Waals surface area contributed by atoms with Crippen LogP contribution in [0.15, 0.2) is 0 Å². The van der Waals surface area contributed by atoms with Gasteiger partial charge in [0.15, 0.2) is 0 Å². The molecule has 0 spiro atoms. The van der Waals surface area contributed by atoms with Gasteiger partial charge in [0.1, 0.15) is 6.04 Å². The minimum absolute atomic E-state index is 0.0205. The molecule has 5 heteroatoms. The molecule has 0 aliphatic heterocycles. The van der Waals surface area contributed by atoms with Crippen LogP contribution in [0.2, 0.25) is 0 Å². The fourth-order valence-corrected chi connectivity index (χ4v) is 2.33. The van der Waals surface area contributed by atoms with Crippen molar-refractivity contribution in [1.82, 2.24) is 10.6 Å². The number of hydrogen-bond acceptors (Lipinski definition) is 3. The number of hydrogen-bond donors (Lipinski definition) is 3. The second-order valence-electron chi connectivity index (χ2n) is 5.57. The minimum atomic E-state index is -0.757.